The Morgan fingerprint density at radius 2 is 1.76 bits per heavy atom. The molecule has 2 N–H and O–H groups in total. The molecule has 0 bridgehead atoms. The predicted molar refractivity (Wildman–Crippen MR) is 73.1 cm³/mol. The molecule has 2 aromatic carbocycles. The highest BCUT2D eigenvalue weighted by Crippen LogP contribution is 2.30. The maximum absolute atomic E-state index is 13.3. The first kappa shape index (κ1) is 12.8. The lowest BCUT2D eigenvalue weighted by molar-refractivity contribution is 0.0926. The average Bonchev–Trinajstić information content (AvgIpc) is 2.71. The second kappa shape index (κ2) is 4.42. The Hall–Kier alpha value is -3.20. The Morgan fingerprint density at radius 1 is 1.05 bits per heavy atom. The van der Waals surface area contributed by atoms with Crippen molar-refractivity contribution in [3.63, 3.8) is 0 Å². The fourth-order valence-electron chi connectivity index (χ4n) is 2.23. The van der Waals surface area contributed by atoms with Crippen LogP contribution in [0.5, 0.6) is 0 Å². The quantitative estimate of drug-likeness (QED) is 0.640. The number of amides is 2. The van der Waals surface area contributed by atoms with Crippen LogP contribution in [-0.2, 0) is 0 Å². The van der Waals surface area contributed by atoms with Gasteiger partial charge in [-0.05, 0) is 36.4 Å². The van der Waals surface area contributed by atoms with Crippen LogP contribution >= 0.6 is 0 Å². The molecule has 1 aliphatic heterocycles. The first-order valence-electron chi connectivity index (χ1n) is 6.01. The van der Waals surface area contributed by atoms with Gasteiger partial charge in [-0.25, -0.2) is 9.29 Å². The van der Waals surface area contributed by atoms with Crippen molar-refractivity contribution < 1.29 is 14.0 Å². The molecule has 1 aliphatic rings. The second-order valence-electron chi connectivity index (χ2n) is 4.53. The molecule has 0 fully saturated rings. The summed E-state index contributed by atoms with van der Waals surface area (Å²) < 4.78 is 13.3. The maximum Gasteiger partial charge on any atom is 0.266 e. The summed E-state index contributed by atoms with van der Waals surface area (Å²) in [5, 5.41) is 8.83. The molecule has 5 nitrogen and oxygen atoms in total. The number of nitrogens with zero attached hydrogens (tertiary/aromatic N) is 2. The zero-order chi connectivity index (χ0) is 15.1. The number of imide groups is 1. The molecule has 102 valence electrons. The minimum Gasteiger partial charge on any atom is -0.399 e. The van der Waals surface area contributed by atoms with Gasteiger partial charge in [0.25, 0.3) is 11.8 Å². The molecular formula is C15H8FN3O2. The number of halogens is 1. The maximum atomic E-state index is 13.3. The summed E-state index contributed by atoms with van der Waals surface area (Å²) in [7, 11) is 0. The average molecular weight is 281 g/mol. The summed E-state index contributed by atoms with van der Waals surface area (Å²) in [5.74, 6) is -1.77. The minimum absolute atomic E-state index is 0.151. The Morgan fingerprint density at radius 3 is 2.48 bits per heavy atom. The first-order chi connectivity index (χ1) is 10.0. The van der Waals surface area contributed by atoms with Gasteiger partial charge in [0, 0.05) is 5.69 Å². The Bertz CT molecular complexity index is 839. The number of hydrogen-bond acceptors (Lipinski definition) is 4. The van der Waals surface area contributed by atoms with Gasteiger partial charge in [0.2, 0.25) is 0 Å². The Balaban J connectivity index is 2.12. The van der Waals surface area contributed by atoms with Crippen LogP contribution in [0.3, 0.4) is 0 Å². The Labute approximate surface area is 119 Å². The van der Waals surface area contributed by atoms with E-state index in [1.54, 1.807) is 6.07 Å². The third kappa shape index (κ3) is 1.83. The molecular weight excluding hydrogens is 273 g/mol. The number of nitrogen functional groups attached to an aromatic ring is 1. The van der Waals surface area contributed by atoms with Gasteiger partial charge in [0.05, 0.1) is 22.4 Å². The van der Waals surface area contributed by atoms with Gasteiger partial charge in [-0.2, -0.15) is 5.26 Å². The molecule has 0 atom stereocenters. The van der Waals surface area contributed by atoms with Crippen LogP contribution in [0.25, 0.3) is 0 Å². The van der Waals surface area contributed by atoms with Crippen molar-refractivity contribution in [2.24, 2.45) is 0 Å². The highest BCUT2D eigenvalue weighted by molar-refractivity contribution is 6.34. The Kier molecular flexibility index (Phi) is 2.70. The number of benzene rings is 2. The third-order valence-electron chi connectivity index (χ3n) is 3.24. The molecule has 1 heterocycles. The van der Waals surface area contributed by atoms with Crippen LogP contribution < -0.4 is 10.6 Å². The van der Waals surface area contributed by atoms with E-state index in [0.717, 1.165) is 11.0 Å². The van der Waals surface area contributed by atoms with Crippen LogP contribution in [0, 0.1) is 17.1 Å². The number of hydrogen-bond donors (Lipinski definition) is 1. The summed E-state index contributed by atoms with van der Waals surface area (Å²) in [4.78, 5) is 25.5. The van der Waals surface area contributed by atoms with E-state index < -0.39 is 17.6 Å². The van der Waals surface area contributed by atoms with E-state index in [1.807, 2.05) is 0 Å². The SMILES string of the molecule is N#Cc1cc(N2C(=O)c3ccc(N)cc3C2=O)ccc1F. The molecule has 21 heavy (non-hydrogen) atoms. The van der Waals surface area contributed by atoms with Gasteiger partial charge in [-0.3, -0.25) is 9.59 Å². The van der Waals surface area contributed by atoms with Crippen molar-refractivity contribution >= 4 is 23.2 Å². The van der Waals surface area contributed by atoms with E-state index in [0.29, 0.717) is 5.69 Å². The number of anilines is 2. The summed E-state index contributed by atoms with van der Waals surface area (Å²) in [5.41, 5.74) is 6.33. The van der Waals surface area contributed by atoms with Crippen LogP contribution in [0.1, 0.15) is 26.3 Å². The standard InChI is InChI=1S/C15H8FN3O2/c16-13-4-2-10(5-8(13)7-17)19-14(20)11-3-1-9(18)6-12(11)15(19)21/h1-6H,18H2. The summed E-state index contributed by atoms with van der Waals surface area (Å²) in [6.45, 7) is 0. The molecule has 2 aromatic rings. The van der Waals surface area contributed by atoms with Gasteiger partial charge in [0.15, 0.2) is 0 Å². The van der Waals surface area contributed by atoms with Gasteiger partial charge < -0.3 is 5.73 Å². The van der Waals surface area contributed by atoms with Gasteiger partial charge >= 0.3 is 0 Å². The molecule has 0 aliphatic carbocycles. The molecule has 0 aromatic heterocycles. The lowest BCUT2D eigenvalue weighted by Crippen LogP contribution is -2.29. The lowest BCUT2D eigenvalue weighted by atomic mass is 10.1. The predicted octanol–water partition coefficient (Wildman–Crippen LogP) is 2.08. The van der Waals surface area contributed by atoms with Crippen LogP contribution in [0.4, 0.5) is 15.8 Å². The smallest absolute Gasteiger partial charge is 0.266 e. The van der Waals surface area contributed by atoms with Crippen LogP contribution in [0.15, 0.2) is 36.4 Å². The zero-order valence-electron chi connectivity index (χ0n) is 10.6. The fraction of sp³-hybridized carbons (Fsp3) is 0. The molecule has 0 saturated carbocycles. The van der Waals surface area contributed by atoms with E-state index in [2.05, 4.69) is 0 Å². The zero-order valence-corrected chi connectivity index (χ0v) is 10.6. The van der Waals surface area contributed by atoms with E-state index in [1.165, 1.54) is 30.3 Å². The number of carbonyl (C=O) groups excluding carboxylic acids is 2. The van der Waals surface area contributed by atoms with E-state index in [9.17, 15) is 14.0 Å². The second-order valence-corrected chi connectivity index (χ2v) is 4.53. The van der Waals surface area contributed by atoms with E-state index in [4.69, 9.17) is 11.0 Å². The molecule has 0 saturated heterocycles. The van der Waals surface area contributed by atoms with Crippen molar-refractivity contribution in [1.82, 2.24) is 0 Å². The highest BCUT2D eigenvalue weighted by atomic mass is 19.1. The van der Waals surface area contributed by atoms with Crippen LogP contribution in [-0.4, -0.2) is 11.8 Å². The van der Waals surface area contributed by atoms with Gasteiger partial charge in [0.1, 0.15) is 11.9 Å². The largest absolute Gasteiger partial charge is 0.399 e. The van der Waals surface area contributed by atoms with Gasteiger partial charge in [-0.1, -0.05) is 0 Å². The number of nitriles is 1. The van der Waals surface area contributed by atoms with Gasteiger partial charge in [-0.15, -0.1) is 0 Å². The minimum atomic E-state index is -0.706. The lowest BCUT2D eigenvalue weighted by Gasteiger charge is -2.14. The first-order valence-corrected chi connectivity index (χ1v) is 6.01. The van der Waals surface area contributed by atoms with Crippen molar-refractivity contribution in [1.29, 1.82) is 5.26 Å². The highest BCUT2D eigenvalue weighted by Gasteiger charge is 2.36. The van der Waals surface area contributed by atoms with E-state index in [-0.39, 0.29) is 22.4 Å². The number of carbonyl (C=O) groups is 2. The summed E-state index contributed by atoms with van der Waals surface area (Å²) in [6, 6.07) is 9.59. The monoisotopic (exact) mass is 281 g/mol. The van der Waals surface area contributed by atoms with Crippen molar-refractivity contribution in [3.8, 4) is 6.07 Å². The fourth-order valence-corrected chi connectivity index (χ4v) is 2.23. The third-order valence-corrected chi connectivity index (χ3v) is 3.24. The van der Waals surface area contributed by atoms with E-state index >= 15 is 0 Å². The van der Waals surface area contributed by atoms with Crippen LogP contribution in [0.2, 0.25) is 0 Å². The molecule has 3 rings (SSSR count). The van der Waals surface area contributed by atoms with Crippen molar-refractivity contribution in [2.45, 2.75) is 0 Å². The molecule has 0 unspecified atom stereocenters. The summed E-state index contributed by atoms with van der Waals surface area (Å²) >= 11 is 0. The molecule has 0 radical (unpaired) electrons. The number of fused-ring (bicyclic) bond motifs is 1. The van der Waals surface area contributed by atoms with Crippen molar-refractivity contribution in [3.05, 3.63) is 58.9 Å². The topological polar surface area (TPSA) is 87.2 Å². The number of nitrogens with two attached hydrogens (primary N) is 1. The normalized spacial score (nSPS) is 13.2. The summed E-state index contributed by atoms with van der Waals surface area (Å²) in [6.07, 6.45) is 0. The molecule has 6 heteroatoms. The number of rotatable bonds is 1. The van der Waals surface area contributed by atoms with Crippen molar-refractivity contribution in [2.75, 3.05) is 10.6 Å². The molecule has 0 spiro atoms. The molecule has 2 amide bonds.